The Hall–Kier alpha value is -0.950. The maximum atomic E-state index is 12.7. The maximum Gasteiger partial charge on any atom is 0.269 e. The summed E-state index contributed by atoms with van der Waals surface area (Å²) in [7, 11) is 0. The largest absolute Gasteiger partial charge is 0.291 e. The molecule has 0 aliphatic rings. The zero-order valence-electron chi connectivity index (χ0n) is 10.7. The van der Waals surface area contributed by atoms with Crippen molar-refractivity contribution in [2.75, 3.05) is 0 Å². The molecule has 0 spiro atoms. The van der Waals surface area contributed by atoms with Crippen molar-refractivity contribution in [1.82, 2.24) is 0 Å². The first-order chi connectivity index (χ1) is 10.2. The van der Waals surface area contributed by atoms with Crippen LogP contribution in [0.25, 0.3) is 0 Å². The fraction of sp³-hybridized carbons (Fsp3) is 0.0714. The Kier molecular flexibility index (Phi) is 5.27. The van der Waals surface area contributed by atoms with Crippen LogP contribution in [0.3, 0.4) is 0 Å². The predicted octanol–water partition coefficient (Wildman–Crippen LogP) is 5.73. The van der Waals surface area contributed by atoms with Gasteiger partial charge in [0, 0.05) is 22.7 Å². The first-order valence-corrected chi connectivity index (χ1v) is 8.20. The van der Waals surface area contributed by atoms with Crippen LogP contribution in [-0.4, -0.2) is 10.7 Å². The Bertz CT molecular complexity index is 748. The van der Waals surface area contributed by atoms with Crippen molar-refractivity contribution in [1.29, 1.82) is 0 Å². The average Bonchev–Trinajstić information content (AvgIpc) is 2.46. The first-order valence-electron chi connectivity index (χ1n) is 5.86. The number of ketones is 1. The average molecular weight is 468 g/mol. The van der Waals surface area contributed by atoms with Gasteiger partial charge in [-0.05, 0) is 35.9 Å². The SMILES string of the molecule is O=C(c1ccc(Cl)cc1Cl)C(Br)(Br)c1ccc([N+](=O)[O-])cc1. The van der Waals surface area contributed by atoms with Gasteiger partial charge in [-0.1, -0.05) is 55.1 Å². The first kappa shape index (κ1) is 17.4. The number of carbonyl (C=O) groups is 1. The summed E-state index contributed by atoms with van der Waals surface area (Å²) in [6.45, 7) is 0. The number of carbonyl (C=O) groups excluding carboxylic acids is 1. The van der Waals surface area contributed by atoms with E-state index >= 15 is 0 Å². The Morgan fingerprint density at radius 1 is 1.09 bits per heavy atom. The van der Waals surface area contributed by atoms with Crippen LogP contribution in [0.15, 0.2) is 42.5 Å². The summed E-state index contributed by atoms with van der Waals surface area (Å²) >= 11 is 18.5. The Balaban J connectivity index is 2.40. The normalized spacial score (nSPS) is 11.3. The smallest absolute Gasteiger partial charge is 0.269 e. The van der Waals surface area contributed by atoms with E-state index < -0.39 is 8.16 Å². The molecule has 0 saturated carbocycles. The number of hydrogen-bond donors (Lipinski definition) is 0. The fourth-order valence-electron chi connectivity index (χ4n) is 1.77. The molecule has 2 aromatic rings. The van der Waals surface area contributed by atoms with E-state index in [9.17, 15) is 14.9 Å². The van der Waals surface area contributed by atoms with Gasteiger partial charge in [-0.25, -0.2) is 0 Å². The van der Waals surface area contributed by atoms with Crippen molar-refractivity contribution in [3.05, 3.63) is 73.8 Å². The Morgan fingerprint density at radius 2 is 1.68 bits per heavy atom. The molecule has 0 bridgehead atoms. The van der Waals surface area contributed by atoms with Crippen molar-refractivity contribution in [2.45, 2.75) is 3.23 Å². The Labute approximate surface area is 152 Å². The summed E-state index contributed by atoms with van der Waals surface area (Å²) in [5, 5.41) is 11.3. The van der Waals surface area contributed by atoms with E-state index in [0.717, 1.165) is 0 Å². The molecule has 0 fully saturated rings. The lowest BCUT2D eigenvalue weighted by molar-refractivity contribution is -0.384. The zero-order chi connectivity index (χ0) is 16.5. The molecule has 0 heterocycles. The standard InChI is InChI=1S/C14H7Br2Cl2NO3/c15-14(16,8-1-4-10(5-2-8)19(21)22)13(20)11-6-3-9(17)7-12(11)18/h1-7H. The van der Waals surface area contributed by atoms with Crippen molar-refractivity contribution in [3.8, 4) is 0 Å². The highest BCUT2D eigenvalue weighted by atomic mass is 79.9. The summed E-state index contributed by atoms with van der Waals surface area (Å²) in [4.78, 5) is 22.8. The highest BCUT2D eigenvalue weighted by molar-refractivity contribution is 9.25. The van der Waals surface area contributed by atoms with Crippen molar-refractivity contribution in [3.63, 3.8) is 0 Å². The second-order valence-electron chi connectivity index (χ2n) is 4.33. The monoisotopic (exact) mass is 465 g/mol. The van der Waals surface area contributed by atoms with Crippen LogP contribution in [0.2, 0.25) is 10.0 Å². The van der Waals surface area contributed by atoms with Crippen LogP contribution in [-0.2, 0) is 3.23 Å². The molecule has 0 aliphatic carbocycles. The molecule has 4 nitrogen and oxygen atoms in total. The van der Waals surface area contributed by atoms with E-state index in [1.807, 2.05) is 0 Å². The van der Waals surface area contributed by atoms with E-state index in [2.05, 4.69) is 31.9 Å². The second kappa shape index (κ2) is 6.66. The van der Waals surface area contributed by atoms with Gasteiger partial charge >= 0.3 is 0 Å². The molecular weight excluding hydrogens is 461 g/mol. The van der Waals surface area contributed by atoms with Crippen LogP contribution >= 0.6 is 55.1 Å². The number of Topliss-reactive ketones (excluding diaryl/α,β-unsaturated/α-hetero) is 1. The van der Waals surface area contributed by atoms with Gasteiger partial charge < -0.3 is 0 Å². The van der Waals surface area contributed by atoms with Crippen LogP contribution in [0.4, 0.5) is 5.69 Å². The summed E-state index contributed by atoms with van der Waals surface area (Å²) < 4.78 is -1.24. The maximum absolute atomic E-state index is 12.7. The third-order valence-electron chi connectivity index (χ3n) is 2.90. The van der Waals surface area contributed by atoms with Crippen LogP contribution in [0.1, 0.15) is 15.9 Å². The molecule has 0 N–H and O–H groups in total. The summed E-state index contributed by atoms with van der Waals surface area (Å²) in [6.07, 6.45) is 0. The molecule has 0 radical (unpaired) electrons. The number of non-ortho nitro benzene ring substituents is 1. The fourth-order valence-corrected chi connectivity index (χ4v) is 3.22. The molecule has 0 unspecified atom stereocenters. The summed E-state index contributed by atoms with van der Waals surface area (Å²) in [6, 6.07) is 10.2. The van der Waals surface area contributed by atoms with Gasteiger partial charge in [0.2, 0.25) is 0 Å². The zero-order valence-corrected chi connectivity index (χ0v) is 15.4. The number of hydrogen-bond acceptors (Lipinski definition) is 3. The third kappa shape index (κ3) is 3.51. The molecule has 0 amide bonds. The minimum absolute atomic E-state index is 0.0588. The minimum Gasteiger partial charge on any atom is -0.291 e. The molecule has 114 valence electrons. The highest BCUT2D eigenvalue weighted by Crippen LogP contribution is 2.43. The third-order valence-corrected chi connectivity index (χ3v) is 5.09. The van der Waals surface area contributed by atoms with E-state index in [4.69, 9.17) is 23.2 Å². The number of nitrogens with zero attached hydrogens (tertiary/aromatic N) is 1. The molecule has 22 heavy (non-hydrogen) atoms. The van der Waals surface area contributed by atoms with E-state index in [-0.39, 0.29) is 22.1 Å². The molecule has 0 aliphatic heterocycles. The quantitative estimate of drug-likeness (QED) is 0.250. The highest BCUT2D eigenvalue weighted by Gasteiger charge is 2.36. The number of rotatable bonds is 4. The van der Waals surface area contributed by atoms with Crippen LogP contribution < -0.4 is 0 Å². The van der Waals surface area contributed by atoms with Crippen LogP contribution in [0, 0.1) is 10.1 Å². The number of nitro benzene ring substituents is 1. The summed E-state index contributed by atoms with van der Waals surface area (Å²) in [5.41, 5.74) is 0.726. The summed E-state index contributed by atoms with van der Waals surface area (Å²) in [5.74, 6) is -0.344. The number of halogens is 4. The number of alkyl halides is 2. The molecule has 0 saturated heterocycles. The van der Waals surface area contributed by atoms with Crippen LogP contribution in [0.5, 0.6) is 0 Å². The van der Waals surface area contributed by atoms with Gasteiger partial charge in [0.15, 0.2) is 9.02 Å². The molecular formula is C14H7Br2Cl2NO3. The van der Waals surface area contributed by atoms with Crippen molar-refractivity contribution in [2.24, 2.45) is 0 Å². The number of benzene rings is 2. The van der Waals surface area contributed by atoms with E-state index in [1.165, 1.54) is 36.4 Å². The number of nitro groups is 1. The molecule has 0 aromatic heterocycles. The molecule has 0 atom stereocenters. The van der Waals surface area contributed by atoms with Gasteiger partial charge in [0.25, 0.3) is 5.69 Å². The van der Waals surface area contributed by atoms with Gasteiger partial charge in [-0.3, -0.25) is 14.9 Å². The van der Waals surface area contributed by atoms with E-state index in [0.29, 0.717) is 10.6 Å². The lowest BCUT2D eigenvalue weighted by Crippen LogP contribution is -2.22. The molecule has 2 rings (SSSR count). The van der Waals surface area contributed by atoms with Gasteiger partial charge in [0.05, 0.1) is 9.95 Å². The second-order valence-corrected chi connectivity index (χ2v) is 8.62. The lowest BCUT2D eigenvalue weighted by atomic mass is 10.0. The van der Waals surface area contributed by atoms with Gasteiger partial charge in [-0.15, -0.1) is 0 Å². The van der Waals surface area contributed by atoms with Crippen molar-refractivity contribution < 1.29 is 9.72 Å². The molecule has 2 aromatic carbocycles. The van der Waals surface area contributed by atoms with Gasteiger partial charge in [-0.2, -0.15) is 0 Å². The molecule has 8 heteroatoms. The minimum atomic E-state index is -1.24. The van der Waals surface area contributed by atoms with E-state index in [1.54, 1.807) is 6.07 Å². The van der Waals surface area contributed by atoms with Gasteiger partial charge in [0.1, 0.15) is 0 Å². The topological polar surface area (TPSA) is 60.2 Å². The van der Waals surface area contributed by atoms with Crippen molar-refractivity contribution >= 4 is 66.5 Å². The predicted molar refractivity (Wildman–Crippen MR) is 93.4 cm³/mol. The lowest BCUT2D eigenvalue weighted by Gasteiger charge is -2.20. The Morgan fingerprint density at radius 3 is 2.18 bits per heavy atom.